The Balaban J connectivity index is 1.51. The van der Waals surface area contributed by atoms with Crippen LogP contribution in [0.4, 0.5) is 9.93 Å². The zero-order valence-corrected chi connectivity index (χ0v) is 15.9. The van der Waals surface area contributed by atoms with Crippen LogP contribution in [0, 0.1) is 0 Å². The number of thiazole rings is 1. The van der Waals surface area contributed by atoms with E-state index < -0.39 is 0 Å². The highest BCUT2D eigenvalue weighted by molar-refractivity contribution is 7.14. The van der Waals surface area contributed by atoms with Crippen LogP contribution in [0.25, 0.3) is 11.3 Å². The zero-order chi connectivity index (χ0) is 18.5. The number of urea groups is 1. The van der Waals surface area contributed by atoms with Gasteiger partial charge in [-0.1, -0.05) is 43.2 Å². The molecule has 1 atom stereocenters. The molecular formula is C21H22N4OS. The summed E-state index contributed by atoms with van der Waals surface area (Å²) >= 11 is 1.46. The maximum atomic E-state index is 13.0. The molecule has 138 valence electrons. The van der Waals surface area contributed by atoms with Crippen molar-refractivity contribution in [3.8, 4) is 11.3 Å². The Labute approximate surface area is 163 Å². The van der Waals surface area contributed by atoms with E-state index in [1.54, 1.807) is 12.4 Å². The van der Waals surface area contributed by atoms with Gasteiger partial charge in [-0.2, -0.15) is 0 Å². The van der Waals surface area contributed by atoms with Crippen LogP contribution in [0.5, 0.6) is 0 Å². The highest BCUT2D eigenvalue weighted by Crippen LogP contribution is 2.31. The molecule has 1 saturated heterocycles. The standard InChI is InChI=1S/C21H22N4OS/c26-21(24-20-23-18(15-27-20)16-7-3-1-4-8-16)25-14-6-2-5-9-19(25)17-10-12-22-13-11-17/h1,3-4,7-8,10-13,15,19H,2,5-6,9,14H2,(H,23,24,26)/t19-/m0/s1. The predicted molar refractivity (Wildman–Crippen MR) is 109 cm³/mol. The molecule has 6 heteroatoms. The van der Waals surface area contributed by atoms with E-state index in [1.807, 2.05) is 52.7 Å². The minimum absolute atomic E-state index is 0.0762. The number of aromatic nitrogens is 2. The molecule has 27 heavy (non-hydrogen) atoms. The molecule has 0 radical (unpaired) electrons. The van der Waals surface area contributed by atoms with Gasteiger partial charge in [-0.25, -0.2) is 9.78 Å². The quantitative estimate of drug-likeness (QED) is 0.668. The number of rotatable bonds is 3. The molecule has 1 aliphatic rings. The van der Waals surface area contributed by atoms with Crippen LogP contribution in [-0.2, 0) is 0 Å². The van der Waals surface area contributed by atoms with Gasteiger partial charge in [0, 0.05) is 29.9 Å². The molecule has 1 aliphatic heterocycles. The third-order valence-corrected chi connectivity index (χ3v) is 5.65. The number of pyridine rings is 1. The summed E-state index contributed by atoms with van der Waals surface area (Å²) < 4.78 is 0. The van der Waals surface area contributed by atoms with E-state index in [2.05, 4.69) is 15.3 Å². The van der Waals surface area contributed by atoms with Gasteiger partial charge < -0.3 is 4.90 Å². The van der Waals surface area contributed by atoms with Gasteiger partial charge in [-0.15, -0.1) is 11.3 Å². The first-order valence-corrected chi connectivity index (χ1v) is 10.2. The van der Waals surface area contributed by atoms with E-state index in [-0.39, 0.29) is 12.1 Å². The normalized spacial score (nSPS) is 17.3. The van der Waals surface area contributed by atoms with Gasteiger partial charge in [0.2, 0.25) is 0 Å². The molecule has 1 aromatic carbocycles. The Morgan fingerprint density at radius 1 is 1.07 bits per heavy atom. The highest BCUT2D eigenvalue weighted by atomic mass is 32.1. The van der Waals surface area contributed by atoms with E-state index in [4.69, 9.17) is 0 Å². The Morgan fingerprint density at radius 3 is 2.70 bits per heavy atom. The summed E-state index contributed by atoms with van der Waals surface area (Å²) in [7, 11) is 0. The van der Waals surface area contributed by atoms with Crippen LogP contribution >= 0.6 is 11.3 Å². The van der Waals surface area contributed by atoms with E-state index >= 15 is 0 Å². The molecule has 0 spiro atoms. The molecule has 3 heterocycles. The highest BCUT2D eigenvalue weighted by Gasteiger charge is 2.27. The second-order valence-electron chi connectivity index (χ2n) is 6.67. The molecule has 5 nitrogen and oxygen atoms in total. The molecule has 4 rings (SSSR count). The van der Waals surface area contributed by atoms with Crippen molar-refractivity contribution in [2.45, 2.75) is 31.7 Å². The van der Waals surface area contributed by atoms with Crippen molar-refractivity contribution < 1.29 is 4.79 Å². The predicted octanol–water partition coefficient (Wildman–Crippen LogP) is 5.35. The second kappa shape index (κ2) is 8.31. The van der Waals surface area contributed by atoms with Crippen molar-refractivity contribution in [2.24, 2.45) is 0 Å². The molecule has 1 N–H and O–H groups in total. The number of nitrogens with zero attached hydrogens (tertiary/aromatic N) is 3. The fraction of sp³-hybridized carbons (Fsp3) is 0.286. The van der Waals surface area contributed by atoms with Crippen molar-refractivity contribution in [3.05, 3.63) is 65.8 Å². The fourth-order valence-electron chi connectivity index (χ4n) is 3.52. The van der Waals surface area contributed by atoms with Gasteiger partial charge >= 0.3 is 6.03 Å². The summed E-state index contributed by atoms with van der Waals surface area (Å²) in [6.07, 6.45) is 7.88. The maximum Gasteiger partial charge on any atom is 0.324 e. The maximum absolute atomic E-state index is 13.0. The van der Waals surface area contributed by atoms with Crippen molar-refractivity contribution in [1.82, 2.24) is 14.9 Å². The van der Waals surface area contributed by atoms with Crippen molar-refractivity contribution in [2.75, 3.05) is 11.9 Å². The minimum Gasteiger partial charge on any atom is -0.317 e. The Kier molecular flexibility index (Phi) is 5.44. The summed E-state index contributed by atoms with van der Waals surface area (Å²) in [6, 6.07) is 14.0. The summed E-state index contributed by atoms with van der Waals surface area (Å²) in [5.41, 5.74) is 3.09. The van der Waals surface area contributed by atoms with E-state index in [0.29, 0.717) is 5.13 Å². The topological polar surface area (TPSA) is 58.1 Å². The molecule has 2 amide bonds. The summed E-state index contributed by atoms with van der Waals surface area (Å²) in [4.78, 5) is 23.7. The van der Waals surface area contributed by atoms with E-state index in [0.717, 1.165) is 49.0 Å². The Bertz CT molecular complexity index is 881. The lowest BCUT2D eigenvalue weighted by Gasteiger charge is -2.30. The van der Waals surface area contributed by atoms with Crippen molar-refractivity contribution in [1.29, 1.82) is 0 Å². The molecule has 0 saturated carbocycles. The van der Waals surface area contributed by atoms with Crippen molar-refractivity contribution >= 4 is 22.5 Å². The molecule has 0 aliphatic carbocycles. The average Bonchev–Trinajstić information content (AvgIpc) is 3.04. The van der Waals surface area contributed by atoms with Gasteiger partial charge in [0.25, 0.3) is 0 Å². The largest absolute Gasteiger partial charge is 0.324 e. The zero-order valence-electron chi connectivity index (χ0n) is 15.0. The van der Waals surface area contributed by atoms with Crippen LogP contribution < -0.4 is 5.32 Å². The number of benzene rings is 1. The number of carbonyl (C=O) groups excluding carboxylic acids is 1. The smallest absolute Gasteiger partial charge is 0.317 e. The summed E-state index contributed by atoms with van der Waals surface area (Å²) in [6.45, 7) is 0.760. The molecule has 3 aromatic rings. The van der Waals surface area contributed by atoms with Crippen molar-refractivity contribution in [3.63, 3.8) is 0 Å². The van der Waals surface area contributed by atoms with Crippen LogP contribution in [0.2, 0.25) is 0 Å². The third kappa shape index (κ3) is 4.17. The number of amides is 2. The number of anilines is 1. The van der Waals surface area contributed by atoms with Gasteiger partial charge in [0.15, 0.2) is 5.13 Å². The fourth-order valence-corrected chi connectivity index (χ4v) is 4.23. The number of hydrogen-bond donors (Lipinski definition) is 1. The van der Waals surface area contributed by atoms with Crippen LogP contribution in [0.3, 0.4) is 0 Å². The number of likely N-dealkylation sites (tertiary alicyclic amines) is 1. The molecule has 2 aromatic heterocycles. The number of nitrogens with one attached hydrogen (secondary N) is 1. The molecule has 0 bridgehead atoms. The SMILES string of the molecule is O=C(Nc1nc(-c2ccccc2)cs1)N1CCCCC[C@H]1c1ccncc1. The monoisotopic (exact) mass is 378 g/mol. The van der Waals surface area contributed by atoms with Gasteiger partial charge in [0.1, 0.15) is 0 Å². The van der Waals surface area contributed by atoms with E-state index in [9.17, 15) is 4.79 Å². The third-order valence-electron chi connectivity index (χ3n) is 4.89. The minimum atomic E-state index is -0.0762. The first-order chi connectivity index (χ1) is 13.3. The first-order valence-electron chi connectivity index (χ1n) is 9.30. The number of hydrogen-bond acceptors (Lipinski definition) is 4. The molecular weight excluding hydrogens is 356 g/mol. The molecule has 0 unspecified atom stereocenters. The first kappa shape index (κ1) is 17.7. The van der Waals surface area contributed by atoms with Crippen LogP contribution in [0.15, 0.2) is 60.2 Å². The van der Waals surface area contributed by atoms with Crippen LogP contribution in [0.1, 0.15) is 37.3 Å². The van der Waals surface area contributed by atoms with Gasteiger partial charge in [-0.05, 0) is 30.5 Å². The average molecular weight is 379 g/mol. The second-order valence-corrected chi connectivity index (χ2v) is 7.53. The lowest BCUT2D eigenvalue weighted by atomic mass is 10.0. The lowest BCUT2D eigenvalue weighted by Crippen LogP contribution is -2.38. The van der Waals surface area contributed by atoms with Crippen LogP contribution in [-0.4, -0.2) is 27.4 Å². The summed E-state index contributed by atoms with van der Waals surface area (Å²) in [5.74, 6) is 0. The molecule has 1 fully saturated rings. The number of carbonyl (C=O) groups is 1. The van der Waals surface area contributed by atoms with Gasteiger partial charge in [0.05, 0.1) is 11.7 Å². The Hall–Kier alpha value is -2.73. The Morgan fingerprint density at radius 2 is 1.89 bits per heavy atom. The lowest BCUT2D eigenvalue weighted by molar-refractivity contribution is 0.189. The van der Waals surface area contributed by atoms with E-state index in [1.165, 1.54) is 11.3 Å². The van der Waals surface area contributed by atoms with Gasteiger partial charge in [-0.3, -0.25) is 10.3 Å². The summed E-state index contributed by atoms with van der Waals surface area (Å²) in [5, 5.41) is 5.62.